The number of carbonyl (C=O) groups is 1. The highest BCUT2D eigenvalue weighted by Gasteiger charge is 2.08. The quantitative estimate of drug-likeness (QED) is 0.738. The van der Waals surface area contributed by atoms with Crippen LogP contribution < -0.4 is 5.32 Å². The highest BCUT2D eigenvalue weighted by Crippen LogP contribution is 2.16. The van der Waals surface area contributed by atoms with Crippen molar-refractivity contribution in [3.63, 3.8) is 0 Å². The van der Waals surface area contributed by atoms with Crippen molar-refractivity contribution in [3.8, 4) is 0 Å². The Morgan fingerprint density at radius 3 is 2.53 bits per heavy atom. The molecule has 0 saturated heterocycles. The molecule has 0 bridgehead atoms. The van der Waals surface area contributed by atoms with Crippen LogP contribution in [0.1, 0.15) is 27.8 Å². The molecule has 0 unspecified atom stereocenters. The fraction of sp³-hybridized carbons (Fsp3) is 0.133. The first-order valence-corrected chi connectivity index (χ1v) is 5.90. The summed E-state index contributed by atoms with van der Waals surface area (Å²) in [6.45, 7) is 1.92. The molecule has 4 heteroatoms. The van der Waals surface area contributed by atoms with Gasteiger partial charge in [0.2, 0.25) is 0 Å². The number of anilines is 1. The first-order chi connectivity index (χ1) is 9.06. The SMILES string of the molecule is Cc1cccc(C(=O)Nc2cccc(C(O)O)c2)c1. The lowest BCUT2D eigenvalue weighted by Gasteiger charge is -2.09. The molecule has 0 aliphatic carbocycles. The van der Waals surface area contributed by atoms with Gasteiger partial charge in [-0.25, -0.2) is 0 Å². The van der Waals surface area contributed by atoms with E-state index < -0.39 is 6.29 Å². The zero-order chi connectivity index (χ0) is 13.8. The summed E-state index contributed by atoms with van der Waals surface area (Å²) in [5.74, 6) is -0.228. The molecule has 0 heterocycles. The number of rotatable bonds is 3. The Bertz CT molecular complexity index is 593. The van der Waals surface area contributed by atoms with Gasteiger partial charge < -0.3 is 15.5 Å². The van der Waals surface area contributed by atoms with Crippen molar-refractivity contribution in [2.24, 2.45) is 0 Å². The maximum Gasteiger partial charge on any atom is 0.255 e. The molecule has 0 aromatic heterocycles. The fourth-order valence-corrected chi connectivity index (χ4v) is 1.77. The molecule has 2 aromatic rings. The van der Waals surface area contributed by atoms with E-state index in [0.717, 1.165) is 5.56 Å². The van der Waals surface area contributed by atoms with E-state index in [1.807, 2.05) is 19.1 Å². The minimum Gasteiger partial charge on any atom is -0.364 e. The normalized spacial score (nSPS) is 10.5. The smallest absolute Gasteiger partial charge is 0.255 e. The van der Waals surface area contributed by atoms with Crippen molar-refractivity contribution < 1.29 is 15.0 Å². The van der Waals surface area contributed by atoms with E-state index in [-0.39, 0.29) is 5.91 Å². The third kappa shape index (κ3) is 3.40. The number of aliphatic hydroxyl groups is 2. The number of hydrogen-bond acceptors (Lipinski definition) is 3. The van der Waals surface area contributed by atoms with Crippen LogP contribution in [0.5, 0.6) is 0 Å². The molecule has 98 valence electrons. The van der Waals surface area contributed by atoms with Crippen molar-refractivity contribution in [2.45, 2.75) is 13.2 Å². The van der Waals surface area contributed by atoms with Crippen LogP contribution in [-0.4, -0.2) is 16.1 Å². The van der Waals surface area contributed by atoms with E-state index in [9.17, 15) is 4.79 Å². The van der Waals surface area contributed by atoms with Gasteiger partial charge in [0, 0.05) is 16.8 Å². The summed E-state index contributed by atoms with van der Waals surface area (Å²) in [4.78, 5) is 12.0. The molecule has 0 aliphatic rings. The second kappa shape index (κ2) is 5.65. The Balaban J connectivity index is 2.17. The third-order valence-electron chi connectivity index (χ3n) is 2.72. The second-order valence-electron chi connectivity index (χ2n) is 4.32. The second-order valence-corrected chi connectivity index (χ2v) is 4.32. The van der Waals surface area contributed by atoms with Gasteiger partial charge in [0.15, 0.2) is 6.29 Å². The summed E-state index contributed by atoms with van der Waals surface area (Å²) in [5, 5.41) is 20.9. The average Bonchev–Trinajstić information content (AvgIpc) is 2.39. The number of nitrogens with one attached hydrogen (secondary N) is 1. The van der Waals surface area contributed by atoms with E-state index in [1.54, 1.807) is 30.3 Å². The van der Waals surface area contributed by atoms with Crippen LogP contribution in [0.2, 0.25) is 0 Å². The van der Waals surface area contributed by atoms with Crippen molar-refractivity contribution in [1.82, 2.24) is 0 Å². The van der Waals surface area contributed by atoms with Crippen LogP contribution >= 0.6 is 0 Å². The standard InChI is InChI=1S/C15H15NO3/c1-10-4-2-5-11(8-10)14(17)16-13-7-3-6-12(9-13)15(18)19/h2-9,15,18-19H,1H3,(H,16,17). The predicted molar refractivity (Wildman–Crippen MR) is 72.8 cm³/mol. The average molecular weight is 257 g/mol. The van der Waals surface area contributed by atoms with Crippen LogP contribution in [0.15, 0.2) is 48.5 Å². The Morgan fingerprint density at radius 1 is 1.11 bits per heavy atom. The first-order valence-electron chi connectivity index (χ1n) is 5.90. The zero-order valence-corrected chi connectivity index (χ0v) is 10.5. The molecule has 0 radical (unpaired) electrons. The number of amides is 1. The van der Waals surface area contributed by atoms with Gasteiger partial charge >= 0.3 is 0 Å². The summed E-state index contributed by atoms with van der Waals surface area (Å²) in [6, 6.07) is 13.7. The van der Waals surface area contributed by atoms with Gasteiger partial charge in [0.1, 0.15) is 0 Å². The molecule has 4 nitrogen and oxygen atoms in total. The van der Waals surface area contributed by atoms with Crippen molar-refractivity contribution in [2.75, 3.05) is 5.32 Å². The minimum absolute atomic E-state index is 0.228. The topological polar surface area (TPSA) is 69.6 Å². The van der Waals surface area contributed by atoms with Crippen LogP contribution in [0.25, 0.3) is 0 Å². The summed E-state index contributed by atoms with van der Waals surface area (Å²) >= 11 is 0. The molecule has 1 amide bonds. The number of benzene rings is 2. The van der Waals surface area contributed by atoms with Gasteiger partial charge in [-0.05, 0) is 31.2 Å². The highest BCUT2D eigenvalue weighted by molar-refractivity contribution is 6.04. The van der Waals surface area contributed by atoms with Gasteiger partial charge in [-0.15, -0.1) is 0 Å². The third-order valence-corrected chi connectivity index (χ3v) is 2.72. The van der Waals surface area contributed by atoms with E-state index in [1.165, 1.54) is 6.07 Å². The summed E-state index contributed by atoms with van der Waals surface area (Å²) in [7, 11) is 0. The Morgan fingerprint density at radius 2 is 1.84 bits per heavy atom. The lowest BCUT2D eigenvalue weighted by atomic mass is 10.1. The molecule has 2 aromatic carbocycles. The molecular formula is C15H15NO3. The Labute approximate surface area is 111 Å². The molecule has 2 rings (SSSR count). The number of hydrogen-bond donors (Lipinski definition) is 3. The largest absolute Gasteiger partial charge is 0.364 e. The Hall–Kier alpha value is -2.17. The van der Waals surface area contributed by atoms with Gasteiger partial charge in [-0.1, -0.05) is 29.8 Å². The number of aliphatic hydroxyl groups excluding tert-OH is 1. The monoisotopic (exact) mass is 257 g/mol. The highest BCUT2D eigenvalue weighted by atomic mass is 16.5. The first kappa shape index (κ1) is 13.3. The molecule has 0 atom stereocenters. The zero-order valence-electron chi connectivity index (χ0n) is 10.5. The van der Waals surface area contributed by atoms with Crippen molar-refractivity contribution in [1.29, 1.82) is 0 Å². The fourth-order valence-electron chi connectivity index (χ4n) is 1.77. The van der Waals surface area contributed by atoms with Gasteiger partial charge in [-0.2, -0.15) is 0 Å². The maximum absolute atomic E-state index is 12.0. The van der Waals surface area contributed by atoms with Crippen LogP contribution in [0, 0.1) is 6.92 Å². The van der Waals surface area contributed by atoms with Gasteiger partial charge in [0.05, 0.1) is 0 Å². The van der Waals surface area contributed by atoms with Crippen LogP contribution in [-0.2, 0) is 0 Å². The number of carbonyl (C=O) groups excluding carboxylic acids is 1. The molecule has 19 heavy (non-hydrogen) atoms. The number of aryl methyl sites for hydroxylation is 1. The lowest BCUT2D eigenvalue weighted by molar-refractivity contribution is -0.0424. The van der Waals surface area contributed by atoms with Crippen molar-refractivity contribution in [3.05, 3.63) is 65.2 Å². The maximum atomic E-state index is 12.0. The van der Waals surface area contributed by atoms with E-state index >= 15 is 0 Å². The van der Waals surface area contributed by atoms with E-state index in [0.29, 0.717) is 16.8 Å². The van der Waals surface area contributed by atoms with Crippen LogP contribution in [0.4, 0.5) is 5.69 Å². The van der Waals surface area contributed by atoms with E-state index in [4.69, 9.17) is 10.2 Å². The molecule has 0 spiro atoms. The summed E-state index contributed by atoms with van der Waals surface area (Å²) < 4.78 is 0. The molecule has 0 aliphatic heterocycles. The summed E-state index contributed by atoms with van der Waals surface area (Å²) in [6.07, 6.45) is -1.55. The van der Waals surface area contributed by atoms with Gasteiger partial charge in [0.25, 0.3) is 5.91 Å². The molecular weight excluding hydrogens is 242 g/mol. The van der Waals surface area contributed by atoms with Crippen molar-refractivity contribution >= 4 is 11.6 Å². The molecule has 0 fully saturated rings. The minimum atomic E-state index is -1.55. The lowest BCUT2D eigenvalue weighted by Crippen LogP contribution is -2.12. The molecule has 0 saturated carbocycles. The summed E-state index contributed by atoms with van der Waals surface area (Å²) in [5.41, 5.74) is 2.43. The van der Waals surface area contributed by atoms with E-state index in [2.05, 4.69) is 5.32 Å². The Kier molecular flexibility index (Phi) is 3.94. The predicted octanol–water partition coefficient (Wildman–Crippen LogP) is 2.23. The molecule has 3 N–H and O–H groups in total. The van der Waals surface area contributed by atoms with Crippen LogP contribution in [0.3, 0.4) is 0 Å². The van der Waals surface area contributed by atoms with Gasteiger partial charge in [-0.3, -0.25) is 4.79 Å².